The van der Waals surface area contributed by atoms with E-state index in [2.05, 4.69) is 45.6 Å². The number of halogens is 3. The first-order chi connectivity index (χ1) is 12.2. The lowest BCUT2D eigenvalue weighted by Gasteiger charge is -2.21. The maximum absolute atomic E-state index is 13.5. The van der Waals surface area contributed by atoms with Crippen LogP contribution in [-0.2, 0) is 19.5 Å². The molecule has 2 aromatic carbocycles. The molecule has 148 valence electrons. The number of nitrogens with zero attached hydrogens (tertiary/aromatic N) is 3. The fourth-order valence-corrected chi connectivity index (χ4v) is 3.21. The molecule has 0 aliphatic carbocycles. The van der Waals surface area contributed by atoms with Crippen molar-refractivity contribution in [3.05, 3.63) is 65.7 Å². The number of imidazole rings is 1. The Balaban J connectivity index is 0.00000182. The SMILES string of the molecule is CCn1c(CN(CCN)CCc2ccccc2)nc2cc(F)ccc21.Cl.Cl. The van der Waals surface area contributed by atoms with Crippen LogP contribution in [0.25, 0.3) is 11.0 Å². The highest BCUT2D eigenvalue weighted by Gasteiger charge is 2.14. The quantitative estimate of drug-likeness (QED) is 0.606. The van der Waals surface area contributed by atoms with E-state index >= 15 is 0 Å². The van der Waals surface area contributed by atoms with Gasteiger partial charge in [0.1, 0.15) is 11.6 Å². The van der Waals surface area contributed by atoms with Gasteiger partial charge in [-0.2, -0.15) is 0 Å². The average molecular weight is 413 g/mol. The van der Waals surface area contributed by atoms with Crippen molar-refractivity contribution >= 4 is 35.8 Å². The van der Waals surface area contributed by atoms with Crippen LogP contribution >= 0.6 is 24.8 Å². The lowest BCUT2D eigenvalue weighted by atomic mass is 10.1. The highest BCUT2D eigenvalue weighted by molar-refractivity contribution is 5.85. The minimum absolute atomic E-state index is 0. The van der Waals surface area contributed by atoms with Crippen LogP contribution in [0.2, 0.25) is 0 Å². The molecule has 2 N–H and O–H groups in total. The van der Waals surface area contributed by atoms with E-state index in [-0.39, 0.29) is 30.6 Å². The number of fused-ring (bicyclic) bond motifs is 1. The van der Waals surface area contributed by atoms with Gasteiger partial charge in [0.25, 0.3) is 0 Å². The third-order valence-electron chi connectivity index (χ3n) is 4.48. The molecule has 0 unspecified atom stereocenters. The molecule has 27 heavy (non-hydrogen) atoms. The first kappa shape index (κ1) is 23.4. The Morgan fingerprint density at radius 1 is 1.07 bits per heavy atom. The van der Waals surface area contributed by atoms with Crippen LogP contribution < -0.4 is 5.73 Å². The molecule has 0 amide bonds. The van der Waals surface area contributed by atoms with Gasteiger partial charge in [-0.3, -0.25) is 4.90 Å². The molecule has 7 heteroatoms. The van der Waals surface area contributed by atoms with Gasteiger partial charge in [-0.15, -0.1) is 24.8 Å². The van der Waals surface area contributed by atoms with Gasteiger partial charge in [0, 0.05) is 32.2 Å². The number of aryl methyl sites for hydroxylation is 1. The van der Waals surface area contributed by atoms with Crippen LogP contribution in [0.1, 0.15) is 18.3 Å². The van der Waals surface area contributed by atoms with E-state index in [1.807, 2.05) is 12.1 Å². The van der Waals surface area contributed by atoms with Crippen molar-refractivity contribution < 1.29 is 4.39 Å². The highest BCUT2D eigenvalue weighted by atomic mass is 35.5. The molecule has 0 radical (unpaired) electrons. The van der Waals surface area contributed by atoms with E-state index in [1.54, 1.807) is 0 Å². The molecule has 1 heterocycles. The van der Waals surface area contributed by atoms with Crippen molar-refractivity contribution in [3.8, 4) is 0 Å². The van der Waals surface area contributed by atoms with E-state index in [1.165, 1.54) is 17.7 Å². The molecule has 4 nitrogen and oxygen atoms in total. The lowest BCUT2D eigenvalue weighted by Crippen LogP contribution is -2.32. The normalized spacial score (nSPS) is 10.7. The van der Waals surface area contributed by atoms with Crippen LogP contribution in [0.15, 0.2) is 48.5 Å². The maximum Gasteiger partial charge on any atom is 0.125 e. The van der Waals surface area contributed by atoms with E-state index in [0.717, 1.165) is 37.4 Å². The first-order valence-corrected chi connectivity index (χ1v) is 8.82. The zero-order valence-corrected chi connectivity index (χ0v) is 17.1. The fraction of sp³-hybridized carbons (Fsp3) is 0.350. The molecule has 1 aromatic heterocycles. The minimum Gasteiger partial charge on any atom is -0.329 e. The topological polar surface area (TPSA) is 47.1 Å². The van der Waals surface area contributed by atoms with Crippen molar-refractivity contribution in [2.45, 2.75) is 26.4 Å². The van der Waals surface area contributed by atoms with Crippen LogP contribution in [-0.4, -0.2) is 34.1 Å². The molecule has 0 atom stereocenters. The third-order valence-corrected chi connectivity index (χ3v) is 4.48. The monoisotopic (exact) mass is 412 g/mol. The minimum atomic E-state index is -0.248. The van der Waals surface area contributed by atoms with Crippen molar-refractivity contribution in [1.29, 1.82) is 0 Å². The van der Waals surface area contributed by atoms with Crippen LogP contribution in [0, 0.1) is 5.82 Å². The summed E-state index contributed by atoms with van der Waals surface area (Å²) in [4.78, 5) is 6.98. The Morgan fingerprint density at radius 3 is 2.48 bits per heavy atom. The molecule has 0 aliphatic heterocycles. The molecular weight excluding hydrogens is 386 g/mol. The van der Waals surface area contributed by atoms with Gasteiger partial charge in [-0.25, -0.2) is 9.37 Å². The first-order valence-electron chi connectivity index (χ1n) is 8.82. The lowest BCUT2D eigenvalue weighted by molar-refractivity contribution is 0.266. The Labute approximate surface area is 172 Å². The second-order valence-electron chi connectivity index (χ2n) is 6.21. The van der Waals surface area contributed by atoms with Crippen molar-refractivity contribution in [1.82, 2.24) is 14.5 Å². The summed E-state index contributed by atoms with van der Waals surface area (Å²) in [5.41, 5.74) is 8.81. The zero-order chi connectivity index (χ0) is 17.6. The molecule has 3 aromatic rings. The Hall–Kier alpha value is -1.66. The average Bonchev–Trinajstić information content (AvgIpc) is 2.96. The molecule has 0 saturated heterocycles. The van der Waals surface area contributed by atoms with E-state index < -0.39 is 0 Å². The smallest absolute Gasteiger partial charge is 0.125 e. The second kappa shape index (κ2) is 11.2. The molecule has 0 aliphatic rings. The van der Waals surface area contributed by atoms with Gasteiger partial charge in [-0.1, -0.05) is 30.3 Å². The molecule has 3 rings (SSSR count). The van der Waals surface area contributed by atoms with Gasteiger partial charge in [0.2, 0.25) is 0 Å². The standard InChI is InChI=1S/C20H25FN4.2ClH/c1-2-25-19-9-8-17(21)14-18(19)23-20(25)15-24(13-11-22)12-10-16-6-4-3-5-7-16;;/h3-9,14H,2,10-13,15,22H2,1H3;2*1H. The molecule has 0 spiro atoms. The van der Waals surface area contributed by atoms with Crippen molar-refractivity contribution in [2.75, 3.05) is 19.6 Å². The largest absolute Gasteiger partial charge is 0.329 e. The van der Waals surface area contributed by atoms with Gasteiger partial charge in [0.05, 0.1) is 17.6 Å². The summed E-state index contributed by atoms with van der Waals surface area (Å²) in [6, 6.07) is 15.2. The van der Waals surface area contributed by atoms with E-state index in [9.17, 15) is 4.39 Å². The molecule has 0 bridgehead atoms. The van der Waals surface area contributed by atoms with Gasteiger partial charge in [0.15, 0.2) is 0 Å². The molecule has 0 saturated carbocycles. The summed E-state index contributed by atoms with van der Waals surface area (Å²) in [5, 5.41) is 0. The summed E-state index contributed by atoms with van der Waals surface area (Å²) in [6.07, 6.45) is 0.974. The number of benzene rings is 2. The maximum atomic E-state index is 13.5. The predicted molar refractivity (Wildman–Crippen MR) is 114 cm³/mol. The summed E-state index contributed by atoms with van der Waals surface area (Å²) in [6.45, 7) is 5.96. The second-order valence-corrected chi connectivity index (χ2v) is 6.21. The van der Waals surface area contributed by atoms with E-state index in [0.29, 0.717) is 18.6 Å². The summed E-state index contributed by atoms with van der Waals surface area (Å²) >= 11 is 0. The van der Waals surface area contributed by atoms with Crippen molar-refractivity contribution in [3.63, 3.8) is 0 Å². The number of aromatic nitrogens is 2. The predicted octanol–water partition coefficient (Wildman–Crippen LogP) is 4.04. The molecular formula is C20H27Cl2FN4. The summed E-state index contributed by atoms with van der Waals surface area (Å²) < 4.78 is 15.7. The summed E-state index contributed by atoms with van der Waals surface area (Å²) in [7, 11) is 0. The number of rotatable bonds is 8. The van der Waals surface area contributed by atoms with Gasteiger partial charge < -0.3 is 10.3 Å². The fourth-order valence-electron chi connectivity index (χ4n) is 3.21. The third kappa shape index (κ3) is 5.91. The van der Waals surface area contributed by atoms with Crippen molar-refractivity contribution in [2.24, 2.45) is 5.73 Å². The van der Waals surface area contributed by atoms with Crippen LogP contribution in [0.5, 0.6) is 0 Å². The Morgan fingerprint density at radius 2 is 1.81 bits per heavy atom. The Kier molecular flexibility index (Phi) is 9.74. The van der Waals surface area contributed by atoms with Gasteiger partial charge in [-0.05, 0) is 31.0 Å². The van der Waals surface area contributed by atoms with E-state index in [4.69, 9.17) is 5.73 Å². The highest BCUT2D eigenvalue weighted by Crippen LogP contribution is 2.19. The number of hydrogen-bond acceptors (Lipinski definition) is 3. The molecule has 0 fully saturated rings. The zero-order valence-electron chi connectivity index (χ0n) is 15.5. The number of nitrogens with two attached hydrogens (primary N) is 1. The van der Waals surface area contributed by atoms with Crippen LogP contribution in [0.3, 0.4) is 0 Å². The summed E-state index contributed by atoms with van der Waals surface area (Å²) in [5.74, 6) is 0.715. The van der Waals surface area contributed by atoms with Gasteiger partial charge >= 0.3 is 0 Å². The van der Waals surface area contributed by atoms with Crippen LogP contribution in [0.4, 0.5) is 4.39 Å². The Bertz CT molecular complexity index is 823. The number of hydrogen-bond donors (Lipinski definition) is 1.